The highest BCUT2D eigenvalue weighted by Gasteiger charge is 2.35. The molecule has 2 unspecified atom stereocenters. The van der Waals surface area contributed by atoms with Crippen LogP contribution < -0.4 is 5.32 Å². The average molecular weight is 208 g/mol. The van der Waals surface area contributed by atoms with Crippen LogP contribution in [0.5, 0.6) is 0 Å². The fourth-order valence-corrected chi connectivity index (χ4v) is 2.72. The van der Waals surface area contributed by atoms with Gasteiger partial charge in [0.25, 0.3) is 0 Å². The molecule has 0 radical (unpaired) electrons. The molecule has 2 aliphatic heterocycles. The molecule has 1 saturated heterocycles. The van der Waals surface area contributed by atoms with Crippen LogP contribution in [0.2, 0.25) is 0 Å². The number of nitrogens with one attached hydrogen (secondary N) is 1. The first-order valence-corrected chi connectivity index (χ1v) is 6.38. The van der Waals surface area contributed by atoms with Gasteiger partial charge in [-0.15, -0.1) is 0 Å². The van der Waals surface area contributed by atoms with Crippen molar-refractivity contribution in [3.05, 3.63) is 0 Å². The lowest BCUT2D eigenvalue weighted by Gasteiger charge is -2.31. The molecule has 15 heavy (non-hydrogen) atoms. The molecular formula is C12H20N2O. The Labute approximate surface area is 91.3 Å². The Balaban J connectivity index is 1.54. The number of nitrogens with zero attached hydrogens (tertiary/aromatic N) is 1. The summed E-state index contributed by atoms with van der Waals surface area (Å²) in [5.41, 5.74) is 0. The number of hydrogen-bond donors (Lipinski definition) is 1. The molecule has 0 aromatic rings. The number of rotatable bonds is 2. The molecule has 1 saturated carbocycles. The summed E-state index contributed by atoms with van der Waals surface area (Å²) in [6.07, 6.45) is 8.33. The summed E-state index contributed by atoms with van der Waals surface area (Å²) in [6.45, 7) is 2.04. The molecule has 1 aliphatic carbocycles. The molecule has 2 heterocycles. The van der Waals surface area contributed by atoms with E-state index >= 15 is 0 Å². The van der Waals surface area contributed by atoms with Gasteiger partial charge in [0, 0.05) is 0 Å². The largest absolute Gasteiger partial charge is 0.474 e. The second-order valence-electron chi connectivity index (χ2n) is 5.03. The van der Waals surface area contributed by atoms with Crippen LogP contribution in [0.25, 0.3) is 0 Å². The Morgan fingerprint density at radius 2 is 2.07 bits per heavy atom. The van der Waals surface area contributed by atoms with Crippen molar-refractivity contribution in [3.8, 4) is 0 Å². The SMILES string of the molecule is C1CCC(C2=NCC(C3CCC3)O2)NC1. The van der Waals surface area contributed by atoms with E-state index in [4.69, 9.17) is 4.74 Å². The zero-order valence-corrected chi connectivity index (χ0v) is 9.24. The van der Waals surface area contributed by atoms with Crippen LogP contribution in [0.4, 0.5) is 0 Å². The van der Waals surface area contributed by atoms with Gasteiger partial charge in [-0.1, -0.05) is 12.8 Å². The van der Waals surface area contributed by atoms with Crippen LogP contribution in [0.15, 0.2) is 4.99 Å². The maximum Gasteiger partial charge on any atom is 0.201 e. The maximum atomic E-state index is 5.99. The van der Waals surface area contributed by atoms with E-state index in [-0.39, 0.29) is 0 Å². The van der Waals surface area contributed by atoms with Crippen molar-refractivity contribution in [2.75, 3.05) is 13.1 Å². The van der Waals surface area contributed by atoms with E-state index in [0.29, 0.717) is 12.1 Å². The van der Waals surface area contributed by atoms with Gasteiger partial charge in [0.15, 0.2) is 0 Å². The Morgan fingerprint density at radius 1 is 1.13 bits per heavy atom. The second kappa shape index (κ2) is 4.12. The number of hydrogen-bond acceptors (Lipinski definition) is 3. The molecule has 2 atom stereocenters. The van der Waals surface area contributed by atoms with Gasteiger partial charge in [0.1, 0.15) is 6.10 Å². The van der Waals surface area contributed by atoms with Crippen molar-refractivity contribution in [2.45, 2.75) is 50.7 Å². The molecule has 3 nitrogen and oxygen atoms in total. The normalized spacial score (nSPS) is 36.9. The molecule has 0 aromatic carbocycles. The zero-order valence-electron chi connectivity index (χ0n) is 9.24. The van der Waals surface area contributed by atoms with E-state index in [0.717, 1.165) is 24.9 Å². The van der Waals surface area contributed by atoms with Gasteiger partial charge in [0.2, 0.25) is 5.90 Å². The van der Waals surface area contributed by atoms with E-state index in [1.54, 1.807) is 0 Å². The molecule has 0 spiro atoms. The molecule has 3 aliphatic rings. The fraction of sp³-hybridized carbons (Fsp3) is 0.917. The van der Waals surface area contributed by atoms with Crippen LogP contribution in [0.1, 0.15) is 38.5 Å². The number of piperidine rings is 1. The Morgan fingerprint density at radius 3 is 2.73 bits per heavy atom. The van der Waals surface area contributed by atoms with E-state index in [1.165, 1.54) is 38.5 Å². The standard InChI is InChI=1S/C12H20N2O/c1-2-7-13-10(6-1)12-14-8-11(15-12)9-4-3-5-9/h9-11,13H,1-8H2. The summed E-state index contributed by atoms with van der Waals surface area (Å²) >= 11 is 0. The Hall–Kier alpha value is -0.570. The molecule has 3 rings (SSSR count). The zero-order chi connectivity index (χ0) is 10.1. The number of ether oxygens (including phenoxy) is 1. The lowest BCUT2D eigenvalue weighted by molar-refractivity contribution is 0.0926. The summed E-state index contributed by atoms with van der Waals surface area (Å²) < 4.78 is 5.99. The van der Waals surface area contributed by atoms with Crippen LogP contribution >= 0.6 is 0 Å². The molecule has 0 aromatic heterocycles. The number of aliphatic imine (C=N–C) groups is 1. The van der Waals surface area contributed by atoms with Crippen LogP contribution in [0.3, 0.4) is 0 Å². The predicted molar refractivity (Wildman–Crippen MR) is 60.2 cm³/mol. The first-order chi connectivity index (χ1) is 7.43. The van der Waals surface area contributed by atoms with Gasteiger partial charge in [-0.3, -0.25) is 4.99 Å². The first kappa shape index (κ1) is 9.64. The molecule has 1 N–H and O–H groups in total. The molecule has 84 valence electrons. The summed E-state index contributed by atoms with van der Waals surface area (Å²) in [7, 11) is 0. The highest BCUT2D eigenvalue weighted by Crippen LogP contribution is 2.33. The average Bonchev–Trinajstić information content (AvgIpc) is 2.66. The molecule has 0 bridgehead atoms. The van der Waals surface area contributed by atoms with Crippen molar-refractivity contribution in [1.29, 1.82) is 0 Å². The maximum absolute atomic E-state index is 5.99. The molecular weight excluding hydrogens is 188 g/mol. The van der Waals surface area contributed by atoms with Gasteiger partial charge in [-0.05, 0) is 38.1 Å². The van der Waals surface area contributed by atoms with E-state index < -0.39 is 0 Å². The van der Waals surface area contributed by atoms with Crippen molar-refractivity contribution >= 4 is 5.90 Å². The van der Waals surface area contributed by atoms with Gasteiger partial charge in [-0.2, -0.15) is 0 Å². The third kappa shape index (κ3) is 1.89. The van der Waals surface area contributed by atoms with E-state index in [1.807, 2.05) is 0 Å². The van der Waals surface area contributed by atoms with Crippen LogP contribution in [-0.4, -0.2) is 31.1 Å². The van der Waals surface area contributed by atoms with Gasteiger partial charge in [0.05, 0.1) is 12.6 Å². The van der Waals surface area contributed by atoms with Crippen molar-refractivity contribution in [2.24, 2.45) is 10.9 Å². The Kier molecular flexibility index (Phi) is 2.65. The lowest BCUT2D eigenvalue weighted by Crippen LogP contribution is -2.42. The first-order valence-electron chi connectivity index (χ1n) is 6.38. The quantitative estimate of drug-likeness (QED) is 0.749. The van der Waals surface area contributed by atoms with Crippen molar-refractivity contribution < 1.29 is 4.74 Å². The summed E-state index contributed by atoms with van der Waals surface area (Å²) in [5, 5.41) is 3.50. The van der Waals surface area contributed by atoms with Gasteiger partial charge >= 0.3 is 0 Å². The van der Waals surface area contributed by atoms with Crippen molar-refractivity contribution in [1.82, 2.24) is 5.32 Å². The predicted octanol–water partition coefficient (Wildman–Crippen LogP) is 1.73. The molecule has 0 amide bonds. The minimum atomic E-state index is 0.414. The van der Waals surface area contributed by atoms with Crippen molar-refractivity contribution in [3.63, 3.8) is 0 Å². The topological polar surface area (TPSA) is 33.6 Å². The minimum absolute atomic E-state index is 0.414. The summed E-state index contributed by atoms with van der Waals surface area (Å²) in [6, 6.07) is 0.420. The third-order valence-corrected chi connectivity index (χ3v) is 3.98. The van der Waals surface area contributed by atoms with Gasteiger partial charge in [-0.25, -0.2) is 0 Å². The van der Waals surface area contributed by atoms with E-state index in [9.17, 15) is 0 Å². The van der Waals surface area contributed by atoms with Crippen LogP contribution in [0, 0.1) is 5.92 Å². The van der Waals surface area contributed by atoms with E-state index in [2.05, 4.69) is 10.3 Å². The molecule has 2 fully saturated rings. The van der Waals surface area contributed by atoms with Gasteiger partial charge < -0.3 is 10.1 Å². The fourth-order valence-electron chi connectivity index (χ4n) is 2.72. The monoisotopic (exact) mass is 208 g/mol. The molecule has 3 heteroatoms. The highest BCUT2D eigenvalue weighted by atomic mass is 16.5. The Bertz CT molecular complexity index is 254. The third-order valence-electron chi connectivity index (χ3n) is 3.98. The summed E-state index contributed by atoms with van der Waals surface area (Å²) in [5.74, 6) is 1.81. The second-order valence-corrected chi connectivity index (χ2v) is 5.03. The smallest absolute Gasteiger partial charge is 0.201 e. The van der Waals surface area contributed by atoms with Crippen LogP contribution in [-0.2, 0) is 4.74 Å². The highest BCUT2D eigenvalue weighted by molar-refractivity contribution is 5.83. The lowest BCUT2D eigenvalue weighted by atomic mass is 9.81. The minimum Gasteiger partial charge on any atom is -0.474 e. The summed E-state index contributed by atoms with van der Waals surface area (Å²) in [4.78, 5) is 4.58.